The van der Waals surface area contributed by atoms with Crippen LogP contribution in [0, 0.1) is 5.92 Å². The number of rotatable bonds is 4. The van der Waals surface area contributed by atoms with Gasteiger partial charge in [0, 0.05) is 6.04 Å². The third-order valence-corrected chi connectivity index (χ3v) is 3.11. The molecule has 0 amide bonds. The van der Waals surface area contributed by atoms with Gasteiger partial charge >= 0.3 is 0 Å². The van der Waals surface area contributed by atoms with Crippen LogP contribution in [0.3, 0.4) is 0 Å². The molecule has 1 aliphatic heterocycles. The molecular formula is C14H21NO. The van der Waals surface area contributed by atoms with Crippen molar-refractivity contribution in [2.75, 3.05) is 13.2 Å². The third kappa shape index (κ3) is 2.76. The molecule has 0 spiro atoms. The van der Waals surface area contributed by atoms with Crippen LogP contribution in [0.5, 0.6) is 5.75 Å². The summed E-state index contributed by atoms with van der Waals surface area (Å²) in [6.45, 7) is 6.36. The minimum atomic E-state index is 0.537. The summed E-state index contributed by atoms with van der Waals surface area (Å²) in [7, 11) is 0. The van der Waals surface area contributed by atoms with Crippen LogP contribution in [0.1, 0.15) is 38.3 Å². The summed E-state index contributed by atoms with van der Waals surface area (Å²) in [5.41, 5.74) is 1.38. The van der Waals surface area contributed by atoms with Crippen molar-refractivity contribution in [2.24, 2.45) is 5.92 Å². The summed E-state index contributed by atoms with van der Waals surface area (Å²) in [4.78, 5) is 0. The molecular weight excluding hydrogens is 198 g/mol. The monoisotopic (exact) mass is 219 g/mol. The highest BCUT2D eigenvalue weighted by Gasteiger charge is 2.21. The van der Waals surface area contributed by atoms with E-state index in [0.717, 1.165) is 31.2 Å². The summed E-state index contributed by atoms with van der Waals surface area (Å²) in [6, 6.07) is 9.06. The summed E-state index contributed by atoms with van der Waals surface area (Å²) in [5, 5.41) is 3.54. The Labute approximate surface area is 98.0 Å². The normalized spacial score (nSPS) is 24.6. The number of ether oxygens (including phenoxy) is 1. The molecule has 0 unspecified atom stereocenters. The Balaban J connectivity index is 1.96. The topological polar surface area (TPSA) is 21.3 Å². The molecule has 1 fully saturated rings. The minimum absolute atomic E-state index is 0.537. The summed E-state index contributed by atoms with van der Waals surface area (Å²) >= 11 is 0. The second-order valence-electron chi connectivity index (χ2n) is 4.72. The SMILES string of the molecule is CCCOc1ccc([C@@H]2C[C@@H](C)CN2)cc1. The second-order valence-corrected chi connectivity index (χ2v) is 4.72. The lowest BCUT2D eigenvalue weighted by atomic mass is 10.0. The molecule has 1 aromatic carbocycles. The maximum absolute atomic E-state index is 5.57. The molecule has 0 radical (unpaired) electrons. The Morgan fingerprint density at radius 1 is 1.31 bits per heavy atom. The fraction of sp³-hybridized carbons (Fsp3) is 0.571. The van der Waals surface area contributed by atoms with Crippen molar-refractivity contribution in [3.8, 4) is 5.75 Å². The van der Waals surface area contributed by atoms with Crippen molar-refractivity contribution in [1.29, 1.82) is 0 Å². The van der Waals surface area contributed by atoms with Crippen LogP contribution < -0.4 is 10.1 Å². The van der Waals surface area contributed by atoms with Crippen LogP contribution >= 0.6 is 0 Å². The average molecular weight is 219 g/mol. The molecule has 2 rings (SSSR count). The van der Waals surface area contributed by atoms with E-state index in [1.165, 1.54) is 12.0 Å². The van der Waals surface area contributed by atoms with Crippen molar-refractivity contribution in [2.45, 2.75) is 32.7 Å². The molecule has 1 saturated heterocycles. The van der Waals surface area contributed by atoms with E-state index in [-0.39, 0.29) is 0 Å². The van der Waals surface area contributed by atoms with Gasteiger partial charge in [-0.2, -0.15) is 0 Å². The highest BCUT2D eigenvalue weighted by Crippen LogP contribution is 2.27. The Morgan fingerprint density at radius 2 is 2.06 bits per heavy atom. The molecule has 0 aromatic heterocycles. The van der Waals surface area contributed by atoms with E-state index >= 15 is 0 Å². The predicted molar refractivity (Wildman–Crippen MR) is 66.8 cm³/mol. The number of hydrogen-bond donors (Lipinski definition) is 1. The zero-order valence-electron chi connectivity index (χ0n) is 10.2. The highest BCUT2D eigenvalue weighted by atomic mass is 16.5. The summed E-state index contributed by atoms with van der Waals surface area (Å²) < 4.78 is 5.57. The van der Waals surface area contributed by atoms with Gasteiger partial charge in [0.1, 0.15) is 5.75 Å². The average Bonchev–Trinajstić information content (AvgIpc) is 2.74. The molecule has 0 saturated carbocycles. The van der Waals surface area contributed by atoms with E-state index in [1.807, 2.05) is 0 Å². The van der Waals surface area contributed by atoms with Crippen LogP contribution in [0.2, 0.25) is 0 Å². The standard InChI is InChI=1S/C14H21NO/c1-3-8-16-13-6-4-12(5-7-13)14-9-11(2)10-15-14/h4-7,11,14-15H,3,8-10H2,1-2H3/t11-,14+/m1/s1. The van der Waals surface area contributed by atoms with Gasteiger partial charge in [-0.3, -0.25) is 0 Å². The predicted octanol–water partition coefficient (Wildman–Crippen LogP) is 3.15. The van der Waals surface area contributed by atoms with Crippen LogP contribution in [-0.4, -0.2) is 13.2 Å². The van der Waals surface area contributed by atoms with Crippen LogP contribution in [0.25, 0.3) is 0 Å². The molecule has 1 aliphatic rings. The number of hydrogen-bond acceptors (Lipinski definition) is 2. The van der Waals surface area contributed by atoms with E-state index in [4.69, 9.17) is 4.74 Å². The highest BCUT2D eigenvalue weighted by molar-refractivity contribution is 5.29. The summed E-state index contributed by atoms with van der Waals surface area (Å²) in [6.07, 6.45) is 2.30. The largest absolute Gasteiger partial charge is 0.494 e. The molecule has 2 nitrogen and oxygen atoms in total. The zero-order chi connectivity index (χ0) is 11.4. The smallest absolute Gasteiger partial charge is 0.119 e. The van der Waals surface area contributed by atoms with Gasteiger partial charge in [-0.25, -0.2) is 0 Å². The van der Waals surface area contributed by atoms with Gasteiger partial charge in [-0.1, -0.05) is 26.0 Å². The molecule has 0 bridgehead atoms. The third-order valence-electron chi connectivity index (χ3n) is 3.11. The number of nitrogens with one attached hydrogen (secondary N) is 1. The first-order valence-corrected chi connectivity index (χ1v) is 6.25. The van der Waals surface area contributed by atoms with Crippen LogP contribution in [0.4, 0.5) is 0 Å². The maximum atomic E-state index is 5.57. The van der Waals surface area contributed by atoms with Crippen molar-refractivity contribution in [3.05, 3.63) is 29.8 Å². The zero-order valence-corrected chi connectivity index (χ0v) is 10.2. The number of benzene rings is 1. The fourth-order valence-electron chi connectivity index (χ4n) is 2.18. The molecule has 1 N–H and O–H groups in total. The van der Waals surface area contributed by atoms with E-state index in [9.17, 15) is 0 Å². The molecule has 0 aliphatic carbocycles. The van der Waals surface area contributed by atoms with E-state index in [1.54, 1.807) is 0 Å². The molecule has 2 heteroatoms. The summed E-state index contributed by atoms with van der Waals surface area (Å²) in [5.74, 6) is 1.78. The minimum Gasteiger partial charge on any atom is -0.494 e. The lowest BCUT2D eigenvalue weighted by Gasteiger charge is -2.11. The molecule has 1 heterocycles. The van der Waals surface area contributed by atoms with Crippen molar-refractivity contribution in [3.63, 3.8) is 0 Å². The first kappa shape index (κ1) is 11.5. The van der Waals surface area contributed by atoms with Gasteiger partial charge in [0.05, 0.1) is 6.61 Å². The van der Waals surface area contributed by atoms with E-state index in [0.29, 0.717) is 6.04 Å². The molecule has 88 valence electrons. The van der Waals surface area contributed by atoms with E-state index < -0.39 is 0 Å². The van der Waals surface area contributed by atoms with Gasteiger partial charge < -0.3 is 10.1 Å². The Bertz CT molecular complexity index is 320. The van der Waals surface area contributed by atoms with Gasteiger partial charge in [0.15, 0.2) is 0 Å². The van der Waals surface area contributed by atoms with E-state index in [2.05, 4.69) is 43.4 Å². The van der Waals surface area contributed by atoms with Gasteiger partial charge in [-0.15, -0.1) is 0 Å². The molecule has 16 heavy (non-hydrogen) atoms. The lowest BCUT2D eigenvalue weighted by molar-refractivity contribution is 0.317. The second kappa shape index (κ2) is 5.35. The first-order chi connectivity index (χ1) is 7.79. The van der Waals surface area contributed by atoms with Crippen LogP contribution in [-0.2, 0) is 0 Å². The molecule has 2 atom stereocenters. The Kier molecular flexibility index (Phi) is 3.83. The fourth-order valence-corrected chi connectivity index (χ4v) is 2.18. The molecule has 1 aromatic rings. The van der Waals surface area contributed by atoms with Crippen molar-refractivity contribution in [1.82, 2.24) is 5.32 Å². The lowest BCUT2D eigenvalue weighted by Crippen LogP contribution is -2.13. The Morgan fingerprint density at radius 3 is 2.62 bits per heavy atom. The van der Waals surface area contributed by atoms with Crippen molar-refractivity contribution >= 4 is 0 Å². The first-order valence-electron chi connectivity index (χ1n) is 6.25. The van der Waals surface area contributed by atoms with Gasteiger partial charge in [0.2, 0.25) is 0 Å². The van der Waals surface area contributed by atoms with Crippen LogP contribution in [0.15, 0.2) is 24.3 Å². The maximum Gasteiger partial charge on any atom is 0.119 e. The van der Waals surface area contributed by atoms with Crippen molar-refractivity contribution < 1.29 is 4.74 Å². The quantitative estimate of drug-likeness (QED) is 0.840. The Hall–Kier alpha value is -1.02. The van der Waals surface area contributed by atoms with Gasteiger partial charge in [-0.05, 0) is 43.0 Å². The van der Waals surface area contributed by atoms with Gasteiger partial charge in [0.25, 0.3) is 0 Å².